The Morgan fingerprint density at radius 3 is 2.33 bits per heavy atom. The van der Waals surface area contributed by atoms with Gasteiger partial charge in [0.05, 0.1) is 4.90 Å². The number of rotatable bonds is 1. The van der Waals surface area contributed by atoms with Gasteiger partial charge in [-0.2, -0.15) is 0 Å². The van der Waals surface area contributed by atoms with E-state index in [4.69, 9.17) is 0 Å². The average Bonchev–Trinajstić information content (AvgIpc) is 1.94. The van der Waals surface area contributed by atoms with Crippen LogP contribution in [0.15, 0.2) is 23.1 Å². The van der Waals surface area contributed by atoms with E-state index in [1.807, 2.05) is 0 Å². The van der Waals surface area contributed by atoms with E-state index >= 15 is 0 Å². The topological polar surface area (TPSA) is 40.1 Å². The van der Waals surface area contributed by atoms with Crippen LogP contribution in [0.5, 0.6) is 0 Å². The number of hydrogen-bond acceptors (Lipinski definition) is 2. The first-order valence-corrected chi connectivity index (χ1v) is 3.73. The molecule has 1 atom stereocenters. The van der Waals surface area contributed by atoms with Gasteiger partial charge in [0.15, 0.2) is 11.6 Å². The zero-order valence-electron chi connectivity index (χ0n) is 6.21. The molecule has 0 aliphatic rings. The van der Waals surface area contributed by atoms with Gasteiger partial charge in [-0.15, -0.1) is 0 Å². The molecule has 0 aromatic heterocycles. The van der Waals surface area contributed by atoms with Crippen LogP contribution in [0.4, 0.5) is 8.78 Å². The summed E-state index contributed by atoms with van der Waals surface area (Å²) in [6, 6.07) is 2.97. The summed E-state index contributed by atoms with van der Waals surface area (Å²) in [4.78, 5) is -0.648. The Morgan fingerprint density at radius 1 is 1.33 bits per heavy atom. The van der Waals surface area contributed by atoms with Crippen LogP contribution in [0, 0.1) is 11.6 Å². The molecule has 0 fully saturated rings. The molecule has 1 unspecified atom stereocenters. The van der Waals surface area contributed by atoms with E-state index in [1.54, 1.807) is 0 Å². The molecule has 0 aliphatic carbocycles. The molecule has 0 N–H and O–H groups in total. The van der Waals surface area contributed by atoms with Crippen LogP contribution in [0.1, 0.15) is 0 Å². The largest absolute Gasteiger partial charge is 1.00 e. The third-order valence-corrected chi connectivity index (χ3v) is 1.77. The molecule has 0 saturated heterocycles. The molecule has 0 spiro atoms. The molecule has 0 radical (unpaired) electrons. The van der Waals surface area contributed by atoms with Gasteiger partial charge >= 0.3 is 29.6 Å². The zero-order valence-corrected chi connectivity index (χ0v) is 9.03. The molecule has 0 saturated carbocycles. The molecular formula is C6H3F2NaO2S. The normalized spacial score (nSPS) is 11.9. The van der Waals surface area contributed by atoms with E-state index in [9.17, 15) is 17.5 Å². The second kappa shape index (κ2) is 5.04. The van der Waals surface area contributed by atoms with Crippen molar-refractivity contribution in [2.75, 3.05) is 0 Å². The van der Waals surface area contributed by atoms with Crippen molar-refractivity contribution in [3.8, 4) is 0 Å². The van der Waals surface area contributed by atoms with Crippen LogP contribution in [0.3, 0.4) is 0 Å². The molecular weight excluding hydrogens is 197 g/mol. The van der Waals surface area contributed by atoms with Crippen molar-refractivity contribution in [2.24, 2.45) is 0 Å². The van der Waals surface area contributed by atoms with E-state index in [1.165, 1.54) is 0 Å². The second-order valence-corrected chi connectivity index (χ2v) is 2.70. The summed E-state index contributed by atoms with van der Waals surface area (Å²) >= 11 is -2.72. The molecule has 0 bridgehead atoms. The van der Waals surface area contributed by atoms with E-state index in [0.717, 1.165) is 18.2 Å². The van der Waals surface area contributed by atoms with Crippen molar-refractivity contribution >= 4 is 11.1 Å². The van der Waals surface area contributed by atoms with Gasteiger partial charge in [0.1, 0.15) is 0 Å². The Bertz CT molecular complexity index is 306. The van der Waals surface area contributed by atoms with E-state index in [2.05, 4.69) is 0 Å². The Kier molecular flexibility index (Phi) is 5.12. The molecule has 6 heteroatoms. The maximum absolute atomic E-state index is 12.5. The average molecular weight is 200 g/mol. The minimum absolute atomic E-state index is 0. The fraction of sp³-hybridized carbons (Fsp3) is 0. The van der Waals surface area contributed by atoms with Crippen molar-refractivity contribution in [2.45, 2.75) is 4.90 Å². The van der Waals surface area contributed by atoms with Crippen LogP contribution in [-0.4, -0.2) is 8.76 Å². The number of hydrogen-bond donors (Lipinski definition) is 0. The van der Waals surface area contributed by atoms with Crippen LogP contribution in [0.2, 0.25) is 0 Å². The van der Waals surface area contributed by atoms with Crippen LogP contribution < -0.4 is 29.6 Å². The Morgan fingerprint density at radius 2 is 1.92 bits per heavy atom. The Labute approximate surface area is 92.6 Å². The van der Waals surface area contributed by atoms with Crippen molar-refractivity contribution in [1.29, 1.82) is 0 Å². The van der Waals surface area contributed by atoms with Crippen LogP contribution in [0.25, 0.3) is 0 Å². The van der Waals surface area contributed by atoms with E-state index in [0.29, 0.717) is 0 Å². The van der Waals surface area contributed by atoms with E-state index < -0.39 is 27.6 Å². The number of halogens is 2. The maximum Gasteiger partial charge on any atom is 1.00 e. The quantitative estimate of drug-likeness (QED) is 0.396. The van der Waals surface area contributed by atoms with Gasteiger partial charge in [-0.3, -0.25) is 4.21 Å². The molecule has 12 heavy (non-hydrogen) atoms. The monoisotopic (exact) mass is 200 g/mol. The molecule has 1 aromatic rings. The van der Waals surface area contributed by atoms with Crippen molar-refractivity contribution in [1.82, 2.24) is 0 Å². The van der Waals surface area contributed by atoms with Crippen molar-refractivity contribution in [3.05, 3.63) is 29.8 Å². The Balaban J connectivity index is 0.00000121. The predicted molar refractivity (Wildman–Crippen MR) is 33.5 cm³/mol. The molecule has 0 amide bonds. The summed E-state index contributed by atoms with van der Waals surface area (Å²) in [6.07, 6.45) is 0. The fourth-order valence-electron chi connectivity index (χ4n) is 0.613. The maximum atomic E-state index is 12.5. The summed E-state index contributed by atoms with van der Waals surface area (Å²) < 4.78 is 45.1. The van der Waals surface area contributed by atoms with Gasteiger partial charge in [-0.05, 0) is 23.2 Å². The molecule has 60 valence electrons. The third-order valence-electron chi connectivity index (χ3n) is 1.10. The molecule has 0 heterocycles. The molecule has 1 aromatic carbocycles. The molecule has 1 rings (SSSR count). The summed E-state index contributed by atoms with van der Waals surface area (Å²) in [7, 11) is 0. The first-order chi connectivity index (χ1) is 5.13. The second-order valence-electron chi connectivity index (χ2n) is 1.79. The summed E-state index contributed by atoms with van der Waals surface area (Å²) in [5.41, 5.74) is 0. The van der Waals surface area contributed by atoms with Gasteiger partial charge in [0, 0.05) is 0 Å². The Hall–Kier alpha value is 0.190. The minimum Gasteiger partial charge on any atom is -0.768 e. The SMILES string of the molecule is O=S([O-])c1cccc(F)c1F.[Na+]. The van der Waals surface area contributed by atoms with E-state index in [-0.39, 0.29) is 29.6 Å². The van der Waals surface area contributed by atoms with Gasteiger partial charge in [0.25, 0.3) is 0 Å². The van der Waals surface area contributed by atoms with Gasteiger partial charge in [-0.25, -0.2) is 8.78 Å². The van der Waals surface area contributed by atoms with Crippen LogP contribution in [-0.2, 0) is 11.1 Å². The summed E-state index contributed by atoms with van der Waals surface area (Å²) in [6.45, 7) is 0. The van der Waals surface area contributed by atoms with Gasteiger partial charge in [0.2, 0.25) is 0 Å². The first-order valence-electron chi connectivity index (χ1n) is 2.66. The zero-order chi connectivity index (χ0) is 8.43. The predicted octanol–water partition coefficient (Wildman–Crippen LogP) is -1.79. The fourth-order valence-corrected chi connectivity index (χ4v) is 1.05. The molecule has 0 aliphatic heterocycles. The standard InChI is InChI=1S/C6H4F2O2S.Na/c7-4-2-1-3-5(6(4)8)11(9)10;/h1-3H,(H,9,10);/q;+1/p-1. The van der Waals surface area contributed by atoms with Gasteiger partial charge in [-0.1, -0.05) is 6.07 Å². The van der Waals surface area contributed by atoms with Gasteiger partial charge < -0.3 is 4.55 Å². The summed E-state index contributed by atoms with van der Waals surface area (Å²) in [5.74, 6) is -2.49. The first kappa shape index (κ1) is 12.2. The molecule has 2 nitrogen and oxygen atoms in total. The smallest absolute Gasteiger partial charge is 0.768 e. The van der Waals surface area contributed by atoms with Crippen molar-refractivity contribution < 1.29 is 47.1 Å². The van der Waals surface area contributed by atoms with Crippen LogP contribution >= 0.6 is 0 Å². The minimum atomic E-state index is -2.72. The third kappa shape index (κ3) is 2.60. The number of benzene rings is 1. The summed E-state index contributed by atoms with van der Waals surface area (Å²) in [5, 5.41) is 0. The van der Waals surface area contributed by atoms with Crippen molar-refractivity contribution in [3.63, 3.8) is 0 Å².